The average Bonchev–Trinajstić information content (AvgIpc) is 2.73. The molecule has 3 heteroatoms. The van der Waals surface area contributed by atoms with Gasteiger partial charge in [0.15, 0.2) is 0 Å². The first-order valence-electron chi connectivity index (χ1n) is 4.76. The molecule has 1 saturated carbocycles. The molecule has 68 valence electrons. The minimum Gasteiger partial charge on any atom is -0.338 e. The summed E-state index contributed by atoms with van der Waals surface area (Å²) in [5, 5.41) is 0. The van der Waals surface area contributed by atoms with Gasteiger partial charge >= 0.3 is 0 Å². The second kappa shape index (κ2) is 2.73. The third-order valence-corrected chi connectivity index (χ3v) is 2.98. The van der Waals surface area contributed by atoms with Crippen molar-refractivity contribution < 1.29 is 4.79 Å². The highest BCUT2D eigenvalue weighted by Gasteiger charge is 2.42. The number of amides is 1. The Morgan fingerprint density at radius 1 is 1.58 bits per heavy atom. The molecule has 3 unspecified atom stereocenters. The van der Waals surface area contributed by atoms with Gasteiger partial charge < -0.3 is 10.6 Å². The lowest BCUT2D eigenvalue weighted by atomic mass is 10.1. The zero-order valence-corrected chi connectivity index (χ0v) is 7.49. The molecule has 0 aromatic rings. The van der Waals surface area contributed by atoms with Crippen LogP contribution < -0.4 is 5.73 Å². The van der Waals surface area contributed by atoms with Crippen LogP contribution in [0.5, 0.6) is 0 Å². The molecule has 1 aliphatic carbocycles. The van der Waals surface area contributed by atoms with Gasteiger partial charge in [0.25, 0.3) is 0 Å². The fourth-order valence-corrected chi connectivity index (χ4v) is 1.99. The van der Waals surface area contributed by atoms with E-state index in [4.69, 9.17) is 5.73 Å². The minimum atomic E-state index is -0.216. The number of piperidine rings is 1. The second-order valence-electron chi connectivity index (χ2n) is 4.06. The number of hydrogen-bond donors (Lipinski definition) is 1. The first-order chi connectivity index (χ1) is 5.70. The summed E-state index contributed by atoms with van der Waals surface area (Å²) in [6.07, 6.45) is 3.13. The van der Waals surface area contributed by atoms with E-state index in [9.17, 15) is 4.79 Å². The number of carbonyl (C=O) groups excluding carboxylic acids is 1. The number of nitrogens with two attached hydrogens (primary N) is 1. The van der Waals surface area contributed by atoms with Crippen molar-refractivity contribution in [2.75, 3.05) is 6.54 Å². The van der Waals surface area contributed by atoms with E-state index in [1.165, 1.54) is 6.42 Å². The highest BCUT2D eigenvalue weighted by atomic mass is 16.2. The molecule has 0 radical (unpaired) electrons. The Bertz CT molecular complexity index is 205. The Kier molecular flexibility index (Phi) is 1.83. The highest BCUT2D eigenvalue weighted by molar-refractivity contribution is 5.83. The van der Waals surface area contributed by atoms with E-state index in [-0.39, 0.29) is 11.9 Å². The van der Waals surface area contributed by atoms with Gasteiger partial charge in [-0.25, -0.2) is 0 Å². The van der Waals surface area contributed by atoms with E-state index >= 15 is 0 Å². The van der Waals surface area contributed by atoms with Crippen LogP contribution in [0.4, 0.5) is 0 Å². The van der Waals surface area contributed by atoms with Crippen LogP contribution in [0.2, 0.25) is 0 Å². The molecule has 2 N–H and O–H groups in total. The third kappa shape index (κ3) is 1.22. The molecule has 3 atom stereocenters. The second-order valence-corrected chi connectivity index (χ2v) is 4.06. The molecule has 1 saturated heterocycles. The van der Waals surface area contributed by atoms with Gasteiger partial charge in [-0.2, -0.15) is 0 Å². The SMILES string of the molecule is CC1CC1N1CCCC(N)C1=O. The van der Waals surface area contributed by atoms with Gasteiger partial charge in [0, 0.05) is 12.6 Å². The molecular weight excluding hydrogens is 152 g/mol. The maximum absolute atomic E-state index is 11.6. The smallest absolute Gasteiger partial charge is 0.239 e. The monoisotopic (exact) mass is 168 g/mol. The molecule has 12 heavy (non-hydrogen) atoms. The van der Waals surface area contributed by atoms with Crippen LogP contribution in [0, 0.1) is 5.92 Å². The molecule has 1 amide bonds. The summed E-state index contributed by atoms with van der Waals surface area (Å²) in [6, 6.07) is 0.301. The lowest BCUT2D eigenvalue weighted by Crippen LogP contribution is -2.49. The van der Waals surface area contributed by atoms with Crippen LogP contribution in [-0.4, -0.2) is 29.4 Å². The number of nitrogens with zero attached hydrogens (tertiary/aromatic N) is 1. The fraction of sp³-hybridized carbons (Fsp3) is 0.889. The average molecular weight is 168 g/mol. The Morgan fingerprint density at radius 2 is 2.25 bits per heavy atom. The van der Waals surface area contributed by atoms with Crippen LogP contribution >= 0.6 is 0 Å². The molecule has 0 bridgehead atoms. The molecule has 2 aliphatic rings. The van der Waals surface area contributed by atoms with Crippen molar-refractivity contribution in [2.45, 2.75) is 38.3 Å². The van der Waals surface area contributed by atoms with Gasteiger partial charge in [-0.15, -0.1) is 0 Å². The summed E-state index contributed by atoms with van der Waals surface area (Å²) < 4.78 is 0. The maximum atomic E-state index is 11.6. The predicted octanol–water partition coefficient (Wildman–Crippen LogP) is 0.345. The zero-order chi connectivity index (χ0) is 8.72. The summed E-state index contributed by atoms with van der Waals surface area (Å²) in [4.78, 5) is 13.5. The van der Waals surface area contributed by atoms with Crippen molar-refractivity contribution in [1.29, 1.82) is 0 Å². The van der Waals surface area contributed by atoms with Crippen molar-refractivity contribution in [3.05, 3.63) is 0 Å². The van der Waals surface area contributed by atoms with Crippen LogP contribution in [0.15, 0.2) is 0 Å². The quantitative estimate of drug-likeness (QED) is 0.614. The predicted molar refractivity (Wildman–Crippen MR) is 46.5 cm³/mol. The fourth-order valence-electron chi connectivity index (χ4n) is 1.99. The summed E-state index contributed by atoms with van der Waals surface area (Å²) in [7, 11) is 0. The van der Waals surface area contributed by atoms with Crippen molar-refractivity contribution in [3.8, 4) is 0 Å². The largest absolute Gasteiger partial charge is 0.338 e. The minimum absolute atomic E-state index is 0.176. The van der Waals surface area contributed by atoms with E-state index in [2.05, 4.69) is 6.92 Å². The lowest BCUT2D eigenvalue weighted by molar-refractivity contribution is -0.135. The molecule has 1 aliphatic heterocycles. The molecule has 1 heterocycles. The van der Waals surface area contributed by atoms with Crippen LogP contribution in [0.3, 0.4) is 0 Å². The Morgan fingerprint density at radius 3 is 2.83 bits per heavy atom. The van der Waals surface area contributed by atoms with Gasteiger partial charge in [-0.1, -0.05) is 6.92 Å². The lowest BCUT2D eigenvalue weighted by Gasteiger charge is -2.30. The summed E-state index contributed by atoms with van der Waals surface area (Å²) in [6.45, 7) is 3.12. The molecule has 3 nitrogen and oxygen atoms in total. The normalized spacial score (nSPS) is 41.7. The Labute approximate surface area is 72.9 Å². The van der Waals surface area contributed by atoms with Crippen LogP contribution in [-0.2, 0) is 4.79 Å². The van der Waals surface area contributed by atoms with Crippen molar-refractivity contribution in [1.82, 2.24) is 4.90 Å². The number of carbonyl (C=O) groups is 1. The topological polar surface area (TPSA) is 46.3 Å². The third-order valence-electron chi connectivity index (χ3n) is 2.98. The molecular formula is C9H16N2O. The van der Waals surface area contributed by atoms with Gasteiger partial charge in [-0.05, 0) is 25.2 Å². The van der Waals surface area contributed by atoms with Gasteiger partial charge in [0.1, 0.15) is 0 Å². The molecule has 2 fully saturated rings. The standard InChI is InChI=1S/C9H16N2O/c1-6-5-8(6)11-4-2-3-7(10)9(11)12/h6-8H,2-5,10H2,1H3. The number of likely N-dealkylation sites (tertiary alicyclic amines) is 1. The van der Waals surface area contributed by atoms with Crippen LogP contribution in [0.1, 0.15) is 26.2 Å². The van der Waals surface area contributed by atoms with Gasteiger partial charge in [0.05, 0.1) is 6.04 Å². The van der Waals surface area contributed by atoms with E-state index in [1.54, 1.807) is 0 Å². The van der Waals surface area contributed by atoms with Gasteiger partial charge in [0.2, 0.25) is 5.91 Å². The number of hydrogen-bond acceptors (Lipinski definition) is 2. The Hall–Kier alpha value is -0.570. The van der Waals surface area contributed by atoms with Crippen molar-refractivity contribution in [3.63, 3.8) is 0 Å². The molecule has 2 rings (SSSR count). The Balaban J connectivity index is 2.00. The highest BCUT2D eigenvalue weighted by Crippen LogP contribution is 2.36. The summed E-state index contributed by atoms with van der Waals surface area (Å²) >= 11 is 0. The van der Waals surface area contributed by atoms with E-state index in [0.717, 1.165) is 19.4 Å². The van der Waals surface area contributed by atoms with E-state index < -0.39 is 0 Å². The summed E-state index contributed by atoms with van der Waals surface area (Å²) in [5.74, 6) is 0.884. The first kappa shape index (κ1) is 8.05. The number of rotatable bonds is 1. The van der Waals surface area contributed by atoms with Crippen molar-refractivity contribution in [2.24, 2.45) is 11.7 Å². The zero-order valence-electron chi connectivity index (χ0n) is 7.49. The van der Waals surface area contributed by atoms with E-state index in [1.807, 2.05) is 4.90 Å². The van der Waals surface area contributed by atoms with Crippen LogP contribution in [0.25, 0.3) is 0 Å². The summed E-state index contributed by atoms with van der Waals surface area (Å²) in [5.41, 5.74) is 5.69. The molecule has 0 spiro atoms. The van der Waals surface area contributed by atoms with Gasteiger partial charge in [-0.3, -0.25) is 4.79 Å². The van der Waals surface area contributed by atoms with Crippen molar-refractivity contribution >= 4 is 5.91 Å². The first-order valence-corrected chi connectivity index (χ1v) is 4.76. The molecule has 0 aromatic heterocycles. The molecule has 0 aromatic carbocycles. The van der Waals surface area contributed by atoms with E-state index in [0.29, 0.717) is 12.0 Å². The maximum Gasteiger partial charge on any atom is 0.239 e.